The summed E-state index contributed by atoms with van der Waals surface area (Å²) in [7, 11) is 0. The molecule has 1 unspecified atom stereocenters. The highest BCUT2D eigenvalue weighted by molar-refractivity contribution is 5.71. The number of aryl methyl sites for hydroxylation is 1. The summed E-state index contributed by atoms with van der Waals surface area (Å²) in [4.78, 5) is 7.92. The molecular formula is C15H14F3N5O. The van der Waals surface area contributed by atoms with Crippen LogP contribution in [0.5, 0.6) is 0 Å². The van der Waals surface area contributed by atoms with E-state index in [0.717, 1.165) is 6.92 Å². The molecule has 9 heteroatoms. The fourth-order valence-electron chi connectivity index (χ4n) is 2.38. The number of nitrogens with zero attached hydrogens (tertiary/aromatic N) is 4. The van der Waals surface area contributed by atoms with Crippen molar-refractivity contribution in [3.05, 3.63) is 41.9 Å². The Labute approximate surface area is 134 Å². The number of hydrogen-bond donors (Lipinski definition) is 2. The molecule has 0 amide bonds. The average Bonchev–Trinajstić information content (AvgIpc) is 2.91. The van der Waals surface area contributed by atoms with Gasteiger partial charge in [0, 0.05) is 5.56 Å². The summed E-state index contributed by atoms with van der Waals surface area (Å²) < 4.78 is 40.7. The maximum Gasteiger partial charge on any atom is 0.421 e. The molecule has 0 spiro atoms. The SMILES string of the molecule is Cc1ccc(C(C)(O)C(F)(F)F)cc1-c1cnc2c(N)ncnn12. The second kappa shape index (κ2) is 5.17. The lowest BCUT2D eigenvalue weighted by molar-refractivity contribution is -0.258. The van der Waals surface area contributed by atoms with Crippen LogP contribution in [-0.2, 0) is 5.60 Å². The minimum Gasteiger partial charge on any atom is -0.381 e. The Morgan fingerprint density at radius 3 is 2.58 bits per heavy atom. The average molecular weight is 337 g/mol. The van der Waals surface area contributed by atoms with E-state index in [-0.39, 0.29) is 11.4 Å². The van der Waals surface area contributed by atoms with Gasteiger partial charge in [-0.25, -0.2) is 14.5 Å². The summed E-state index contributed by atoms with van der Waals surface area (Å²) in [5.74, 6) is 0.160. The molecule has 0 radical (unpaired) electrons. The lowest BCUT2D eigenvalue weighted by Gasteiger charge is -2.27. The van der Waals surface area contributed by atoms with Crippen molar-refractivity contribution >= 4 is 11.5 Å². The first-order chi connectivity index (χ1) is 11.1. The van der Waals surface area contributed by atoms with Crippen molar-refractivity contribution in [3.63, 3.8) is 0 Å². The number of anilines is 1. The highest BCUT2D eigenvalue weighted by Gasteiger charge is 2.51. The second-order valence-electron chi connectivity index (χ2n) is 5.62. The standard InChI is InChI=1S/C15H14F3N5O/c1-8-3-4-9(14(2,24)15(16,17)18)5-10(8)11-6-20-13-12(19)21-7-22-23(11)13/h3-7,24H,1-2H3,(H2,19,21,22). The quantitative estimate of drug-likeness (QED) is 0.750. The fraction of sp³-hybridized carbons (Fsp3) is 0.267. The Kier molecular flexibility index (Phi) is 3.48. The molecule has 0 aliphatic heterocycles. The smallest absolute Gasteiger partial charge is 0.381 e. The summed E-state index contributed by atoms with van der Waals surface area (Å²) in [6, 6.07) is 4.04. The van der Waals surface area contributed by atoms with Crippen molar-refractivity contribution in [2.24, 2.45) is 0 Å². The maximum atomic E-state index is 13.1. The molecule has 1 atom stereocenters. The molecule has 1 aromatic carbocycles. The van der Waals surface area contributed by atoms with Gasteiger partial charge in [0.25, 0.3) is 0 Å². The second-order valence-corrected chi connectivity index (χ2v) is 5.62. The highest BCUT2D eigenvalue weighted by Crippen LogP contribution is 2.40. The van der Waals surface area contributed by atoms with Crippen LogP contribution in [0, 0.1) is 6.92 Å². The Hall–Kier alpha value is -2.68. The van der Waals surface area contributed by atoms with Gasteiger partial charge < -0.3 is 10.8 Å². The van der Waals surface area contributed by atoms with E-state index in [1.807, 2.05) is 0 Å². The first-order valence-electron chi connectivity index (χ1n) is 6.97. The molecule has 0 bridgehead atoms. The first kappa shape index (κ1) is 16.2. The topological polar surface area (TPSA) is 89.3 Å². The Morgan fingerprint density at radius 1 is 1.21 bits per heavy atom. The number of aromatic nitrogens is 4. The molecule has 0 fully saturated rings. The van der Waals surface area contributed by atoms with Crippen LogP contribution in [0.4, 0.5) is 19.0 Å². The van der Waals surface area contributed by atoms with Crippen molar-refractivity contribution in [1.82, 2.24) is 19.6 Å². The molecule has 2 aromatic heterocycles. The predicted octanol–water partition coefficient (Wildman–Crippen LogP) is 2.45. The van der Waals surface area contributed by atoms with E-state index in [0.29, 0.717) is 22.5 Å². The number of alkyl halides is 3. The van der Waals surface area contributed by atoms with Gasteiger partial charge in [-0.2, -0.15) is 18.3 Å². The molecule has 0 saturated heterocycles. The van der Waals surface area contributed by atoms with Gasteiger partial charge in [-0.1, -0.05) is 12.1 Å². The van der Waals surface area contributed by atoms with Gasteiger partial charge in [0.2, 0.25) is 0 Å². The van der Waals surface area contributed by atoms with Crippen molar-refractivity contribution in [2.45, 2.75) is 25.6 Å². The molecule has 2 heterocycles. The van der Waals surface area contributed by atoms with E-state index in [4.69, 9.17) is 5.73 Å². The number of aliphatic hydroxyl groups is 1. The van der Waals surface area contributed by atoms with Crippen LogP contribution < -0.4 is 5.73 Å². The Balaban J connectivity index is 2.22. The van der Waals surface area contributed by atoms with Crippen molar-refractivity contribution in [2.75, 3.05) is 5.73 Å². The highest BCUT2D eigenvalue weighted by atomic mass is 19.4. The summed E-state index contributed by atoms with van der Waals surface area (Å²) >= 11 is 0. The number of halogens is 3. The molecule has 0 aliphatic carbocycles. The number of benzene rings is 1. The van der Waals surface area contributed by atoms with Crippen molar-refractivity contribution < 1.29 is 18.3 Å². The summed E-state index contributed by atoms with van der Waals surface area (Å²) in [6.45, 7) is 2.46. The first-order valence-corrected chi connectivity index (χ1v) is 6.97. The van der Waals surface area contributed by atoms with E-state index < -0.39 is 11.8 Å². The fourth-order valence-corrected chi connectivity index (χ4v) is 2.38. The predicted molar refractivity (Wildman–Crippen MR) is 81.0 cm³/mol. The molecule has 3 aromatic rings. The number of fused-ring (bicyclic) bond motifs is 1. The van der Waals surface area contributed by atoms with Crippen molar-refractivity contribution in [1.29, 1.82) is 0 Å². The molecule has 3 N–H and O–H groups in total. The van der Waals surface area contributed by atoms with E-state index in [9.17, 15) is 18.3 Å². The maximum absolute atomic E-state index is 13.1. The van der Waals surface area contributed by atoms with E-state index in [1.165, 1.54) is 35.2 Å². The van der Waals surface area contributed by atoms with Gasteiger partial charge in [-0.3, -0.25) is 0 Å². The summed E-state index contributed by atoms with van der Waals surface area (Å²) in [5, 5.41) is 13.9. The number of imidazole rings is 1. The van der Waals surface area contributed by atoms with Crippen LogP contribution in [0.3, 0.4) is 0 Å². The molecule has 24 heavy (non-hydrogen) atoms. The minimum atomic E-state index is -4.80. The zero-order valence-corrected chi connectivity index (χ0v) is 12.8. The lowest BCUT2D eigenvalue weighted by atomic mass is 9.91. The number of nitrogens with two attached hydrogens (primary N) is 1. The molecule has 0 aliphatic rings. The Morgan fingerprint density at radius 2 is 1.92 bits per heavy atom. The molecule has 3 rings (SSSR count). The van der Waals surface area contributed by atoms with Crippen LogP contribution >= 0.6 is 0 Å². The summed E-state index contributed by atoms with van der Waals surface area (Å²) in [5.41, 5.74) is 4.41. The van der Waals surface area contributed by atoms with E-state index >= 15 is 0 Å². The van der Waals surface area contributed by atoms with E-state index in [2.05, 4.69) is 15.1 Å². The largest absolute Gasteiger partial charge is 0.421 e. The number of rotatable bonds is 2. The zero-order chi connectivity index (χ0) is 17.7. The lowest BCUT2D eigenvalue weighted by Crippen LogP contribution is -2.39. The third-order valence-corrected chi connectivity index (χ3v) is 3.96. The van der Waals surface area contributed by atoms with Gasteiger partial charge in [-0.15, -0.1) is 0 Å². The van der Waals surface area contributed by atoms with Crippen LogP contribution in [0.2, 0.25) is 0 Å². The third-order valence-electron chi connectivity index (χ3n) is 3.96. The van der Waals surface area contributed by atoms with Crippen LogP contribution in [-0.4, -0.2) is 30.9 Å². The van der Waals surface area contributed by atoms with Crippen LogP contribution in [0.15, 0.2) is 30.7 Å². The van der Waals surface area contributed by atoms with Crippen LogP contribution in [0.25, 0.3) is 16.9 Å². The monoisotopic (exact) mass is 337 g/mol. The zero-order valence-electron chi connectivity index (χ0n) is 12.8. The molecule has 126 valence electrons. The minimum absolute atomic E-state index is 0.160. The normalized spacial score (nSPS) is 14.8. The summed E-state index contributed by atoms with van der Waals surface area (Å²) in [6.07, 6.45) is -2.11. The van der Waals surface area contributed by atoms with Gasteiger partial charge >= 0.3 is 6.18 Å². The van der Waals surface area contributed by atoms with Crippen molar-refractivity contribution in [3.8, 4) is 11.3 Å². The van der Waals surface area contributed by atoms with Gasteiger partial charge in [0.1, 0.15) is 6.33 Å². The molecule has 0 saturated carbocycles. The van der Waals surface area contributed by atoms with Crippen LogP contribution in [0.1, 0.15) is 18.1 Å². The molecule has 6 nitrogen and oxygen atoms in total. The Bertz CT molecular complexity index is 917. The number of nitrogen functional groups attached to an aromatic ring is 1. The number of hydrogen-bond acceptors (Lipinski definition) is 5. The van der Waals surface area contributed by atoms with E-state index in [1.54, 1.807) is 6.92 Å². The van der Waals surface area contributed by atoms with Gasteiger partial charge in [-0.05, 0) is 31.0 Å². The van der Waals surface area contributed by atoms with Gasteiger partial charge in [0.15, 0.2) is 17.1 Å². The molecular weight excluding hydrogens is 323 g/mol. The van der Waals surface area contributed by atoms with Gasteiger partial charge in [0.05, 0.1) is 11.9 Å². The third kappa shape index (κ3) is 2.37.